The summed E-state index contributed by atoms with van der Waals surface area (Å²) in [6, 6.07) is 10.2. The second-order valence-corrected chi connectivity index (χ2v) is 5.46. The molecule has 0 fully saturated rings. The summed E-state index contributed by atoms with van der Waals surface area (Å²) in [6.45, 7) is 0.338. The van der Waals surface area contributed by atoms with Crippen LogP contribution in [0.1, 0.15) is 15.9 Å². The SMILES string of the molecule is CN(C)C(=O)Nc1cccc(CNC(=O)c2ccnc(Cl)c2)c1. The summed E-state index contributed by atoms with van der Waals surface area (Å²) < 4.78 is 0. The molecule has 0 aliphatic heterocycles. The Labute approximate surface area is 139 Å². The third-order valence-corrected chi connectivity index (χ3v) is 3.23. The molecule has 2 aromatic rings. The molecule has 0 spiro atoms. The molecule has 1 aromatic heterocycles. The highest BCUT2D eigenvalue weighted by atomic mass is 35.5. The van der Waals surface area contributed by atoms with Crippen LogP contribution in [0.25, 0.3) is 0 Å². The average Bonchev–Trinajstić information content (AvgIpc) is 2.53. The topological polar surface area (TPSA) is 74.3 Å². The average molecular weight is 333 g/mol. The standard InChI is InChI=1S/C16H17ClN4O2/c1-21(2)16(23)20-13-5-3-4-11(8-13)10-19-15(22)12-6-7-18-14(17)9-12/h3-9H,10H2,1-2H3,(H,19,22)(H,20,23). The van der Waals surface area contributed by atoms with E-state index in [4.69, 9.17) is 11.6 Å². The van der Waals surface area contributed by atoms with Crippen molar-refractivity contribution in [1.29, 1.82) is 0 Å². The van der Waals surface area contributed by atoms with Crippen molar-refractivity contribution >= 4 is 29.2 Å². The maximum absolute atomic E-state index is 12.0. The van der Waals surface area contributed by atoms with E-state index < -0.39 is 0 Å². The zero-order chi connectivity index (χ0) is 16.8. The van der Waals surface area contributed by atoms with Gasteiger partial charge in [0.25, 0.3) is 5.91 Å². The molecule has 1 heterocycles. The maximum Gasteiger partial charge on any atom is 0.321 e. The van der Waals surface area contributed by atoms with Crippen molar-refractivity contribution in [3.63, 3.8) is 0 Å². The predicted octanol–water partition coefficient (Wildman–Crippen LogP) is 2.76. The van der Waals surface area contributed by atoms with Crippen LogP contribution in [-0.2, 0) is 6.54 Å². The summed E-state index contributed by atoms with van der Waals surface area (Å²) in [5, 5.41) is 5.82. The third-order valence-electron chi connectivity index (χ3n) is 3.03. The first-order valence-corrected chi connectivity index (χ1v) is 7.30. The number of amides is 3. The number of carbonyl (C=O) groups is 2. The van der Waals surface area contributed by atoms with Crippen LogP contribution >= 0.6 is 11.6 Å². The molecule has 0 saturated carbocycles. The highest BCUT2D eigenvalue weighted by Crippen LogP contribution is 2.12. The number of rotatable bonds is 4. The quantitative estimate of drug-likeness (QED) is 0.845. The van der Waals surface area contributed by atoms with Gasteiger partial charge in [-0.25, -0.2) is 9.78 Å². The largest absolute Gasteiger partial charge is 0.348 e. The van der Waals surface area contributed by atoms with E-state index in [2.05, 4.69) is 15.6 Å². The van der Waals surface area contributed by atoms with E-state index in [0.717, 1.165) is 5.56 Å². The maximum atomic E-state index is 12.0. The summed E-state index contributed by atoms with van der Waals surface area (Å²) in [5.74, 6) is -0.239. The van der Waals surface area contributed by atoms with Crippen LogP contribution in [0.5, 0.6) is 0 Å². The first kappa shape index (κ1) is 16.8. The van der Waals surface area contributed by atoms with Crippen molar-refractivity contribution < 1.29 is 9.59 Å². The van der Waals surface area contributed by atoms with E-state index in [1.54, 1.807) is 32.3 Å². The Bertz CT molecular complexity index is 719. The third kappa shape index (κ3) is 4.96. The number of nitrogens with one attached hydrogen (secondary N) is 2. The molecule has 120 valence electrons. The van der Waals surface area contributed by atoms with E-state index in [1.165, 1.54) is 17.2 Å². The van der Waals surface area contributed by atoms with Crippen molar-refractivity contribution in [3.8, 4) is 0 Å². The van der Waals surface area contributed by atoms with Gasteiger partial charge in [0, 0.05) is 38.1 Å². The van der Waals surface area contributed by atoms with Crippen LogP contribution in [0.15, 0.2) is 42.6 Å². The molecule has 23 heavy (non-hydrogen) atoms. The number of pyridine rings is 1. The summed E-state index contributed by atoms with van der Waals surface area (Å²) in [6.07, 6.45) is 1.48. The minimum absolute atomic E-state index is 0.211. The molecule has 0 bridgehead atoms. The van der Waals surface area contributed by atoms with Crippen LogP contribution in [0.3, 0.4) is 0 Å². The second kappa shape index (κ2) is 7.60. The number of hydrogen-bond acceptors (Lipinski definition) is 3. The van der Waals surface area contributed by atoms with Crippen molar-refractivity contribution in [1.82, 2.24) is 15.2 Å². The lowest BCUT2D eigenvalue weighted by molar-refractivity contribution is 0.0950. The molecule has 2 N–H and O–H groups in total. The first-order chi connectivity index (χ1) is 11.0. The molecular formula is C16H17ClN4O2. The Balaban J connectivity index is 1.98. The van der Waals surface area contributed by atoms with E-state index in [1.807, 2.05) is 12.1 Å². The lowest BCUT2D eigenvalue weighted by Crippen LogP contribution is -2.27. The van der Waals surface area contributed by atoms with Gasteiger partial charge in [0.15, 0.2) is 0 Å². The van der Waals surface area contributed by atoms with Gasteiger partial charge >= 0.3 is 6.03 Å². The van der Waals surface area contributed by atoms with Gasteiger partial charge in [0.1, 0.15) is 5.15 Å². The molecule has 0 aliphatic rings. The number of urea groups is 1. The van der Waals surface area contributed by atoms with Crippen LogP contribution in [0.4, 0.5) is 10.5 Å². The molecule has 3 amide bonds. The molecule has 0 saturated heterocycles. The number of anilines is 1. The molecule has 0 atom stereocenters. The van der Waals surface area contributed by atoms with E-state index in [9.17, 15) is 9.59 Å². The normalized spacial score (nSPS) is 10.0. The minimum atomic E-state index is -0.239. The molecule has 0 radical (unpaired) electrons. The van der Waals surface area contributed by atoms with Gasteiger partial charge in [-0.15, -0.1) is 0 Å². The van der Waals surface area contributed by atoms with Crippen molar-refractivity contribution in [3.05, 3.63) is 58.9 Å². The van der Waals surface area contributed by atoms with Gasteiger partial charge in [-0.3, -0.25) is 4.79 Å². The van der Waals surface area contributed by atoms with Gasteiger partial charge < -0.3 is 15.5 Å². The number of carbonyl (C=O) groups excluding carboxylic acids is 2. The Hall–Kier alpha value is -2.60. The lowest BCUT2D eigenvalue weighted by atomic mass is 10.2. The fourth-order valence-electron chi connectivity index (χ4n) is 1.82. The predicted molar refractivity (Wildman–Crippen MR) is 89.6 cm³/mol. The summed E-state index contributed by atoms with van der Waals surface area (Å²) in [5.41, 5.74) is 1.99. The highest BCUT2D eigenvalue weighted by Gasteiger charge is 2.07. The molecular weight excluding hydrogens is 316 g/mol. The minimum Gasteiger partial charge on any atom is -0.348 e. The second-order valence-electron chi connectivity index (χ2n) is 5.07. The Morgan fingerprint density at radius 1 is 1.22 bits per heavy atom. The van der Waals surface area contributed by atoms with Crippen LogP contribution in [0, 0.1) is 0 Å². The van der Waals surface area contributed by atoms with E-state index >= 15 is 0 Å². The van der Waals surface area contributed by atoms with Gasteiger partial charge in [-0.1, -0.05) is 23.7 Å². The zero-order valence-corrected chi connectivity index (χ0v) is 13.6. The molecule has 1 aromatic carbocycles. The van der Waals surface area contributed by atoms with E-state index in [-0.39, 0.29) is 17.1 Å². The number of nitrogens with zero attached hydrogens (tertiary/aromatic N) is 2. The van der Waals surface area contributed by atoms with Crippen molar-refractivity contribution in [2.24, 2.45) is 0 Å². The molecule has 0 unspecified atom stereocenters. The van der Waals surface area contributed by atoms with E-state index in [0.29, 0.717) is 17.8 Å². The Morgan fingerprint density at radius 2 is 2.00 bits per heavy atom. The van der Waals surface area contributed by atoms with Crippen LogP contribution < -0.4 is 10.6 Å². The molecule has 7 heteroatoms. The highest BCUT2D eigenvalue weighted by molar-refractivity contribution is 6.29. The van der Waals surface area contributed by atoms with Gasteiger partial charge in [0.05, 0.1) is 0 Å². The monoisotopic (exact) mass is 332 g/mol. The summed E-state index contributed by atoms with van der Waals surface area (Å²) in [4.78, 5) is 29.0. The number of halogens is 1. The Kier molecular flexibility index (Phi) is 5.54. The summed E-state index contributed by atoms with van der Waals surface area (Å²) in [7, 11) is 3.33. The zero-order valence-electron chi connectivity index (χ0n) is 12.8. The molecule has 0 aliphatic carbocycles. The van der Waals surface area contributed by atoms with Crippen molar-refractivity contribution in [2.75, 3.05) is 19.4 Å². The lowest BCUT2D eigenvalue weighted by Gasteiger charge is -2.13. The number of aromatic nitrogens is 1. The summed E-state index contributed by atoms with van der Waals surface area (Å²) >= 11 is 5.77. The molecule has 6 nitrogen and oxygen atoms in total. The van der Waals surface area contributed by atoms with Crippen LogP contribution in [-0.4, -0.2) is 35.9 Å². The number of benzene rings is 1. The van der Waals surface area contributed by atoms with Crippen molar-refractivity contribution in [2.45, 2.75) is 6.54 Å². The number of hydrogen-bond donors (Lipinski definition) is 2. The Morgan fingerprint density at radius 3 is 2.70 bits per heavy atom. The fraction of sp³-hybridized carbons (Fsp3) is 0.188. The van der Waals surface area contributed by atoms with Gasteiger partial charge in [0.2, 0.25) is 0 Å². The van der Waals surface area contributed by atoms with Crippen LogP contribution in [0.2, 0.25) is 5.15 Å². The molecule has 2 rings (SSSR count). The first-order valence-electron chi connectivity index (χ1n) is 6.92. The fourth-order valence-corrected chi connectivity index (χ4v) is 2.00. The van der Waals surface area contributed by atoms with Gasteiger partial charge in [-0.2, -0.15) is 0 Å². The van der Waals surface area contributed by atoms with Gasteiger partial charge in [-0.05, 0) is 29.8 Å². The smallest absolute Gasteiger partial charge is 0.321 e.